The third kappa shape index (κ3) is 3.65. The second-order valence-electron chi connectivity index (χ2n) is 5.64. The molecule has 1 unspecified atom stereocenters. The monoisotopic (exact) mass is 326 g/mol. The highest BCUT2D eigenvalue weighted by Gasteiger charge is 2.19. The summed E-state index contributed by atoms with van der Waals surface area (Å²) < 4.78 is 10.5. The van der Waals surface area contributed by atoms with Gasteiger partial charge in [-0.15, -0.1) is 0 Å². The van der Waals surface area contributed by atoms with E-state index < -0.39 is 0 Å². The molecule has 0 amide bonds. The van der Waals surface area contributed by atoms with Crippen LogP contribution in [-0.2, 0) is 9.53 Å². The van der Waals surface area contributed by atoms with E-state index in [0.29, 0.717) is 17.9 Å². The van der Waals surface area contributed by atoms with E-state index in [2.05, 4.69) is 0 Å². The van der Waals surface area contributed by atoms with E-state index in [1.54, 1.807) is 21.0 Å². The highest BCUT2D eigenvalue weighted by atomic mass is 16.5. The number of carbonyl (C=O) groups excluding carboxylic acids is 2. The van der Waals surface area contributed by atoms with Gasteiger partial charge in [0.05, 0.1) is 19.6 Å². The van der Waals surface area contributed by atoms with Crippen molar-refractivity contribution >= 4 is 12.3 Å². The summed E-state index contributed by atoms with van der Waals surface area (Å²) in [4.78, 5) is 23.5. The number of hydrogen-bond acceptors (Lipinski definition) is 4. The lowest BCUT2D eigenvalue weighted by Gasteiger charge is -2.16. The number of aldehydes is 1. The number of rotatable bonds is 6. The molecule has 0 saturated carbocycles. The van der Waals surface area contributed by atoms with Crippen molar-refractivity contribution in [3.8, 4) is 16.9 Å². The van der Waals surface area contributed by atoms with Crippen LogP contribution in [0.25, 0.3) is 11.1 Å². The number of benzene rings is 2. The number of ether oxygens (including phenoxy) is 2. The van der Waals surface area contributed by atoms with Crippen LogP contribution in [0, 0.1) is 6.92 Å². The first-order valence-corrected chi connectivity index (χ1v) is 7.92. The lowest BCUT2D eigenvalue weighted by molar-refractivity contribution is -0.144. The second-order valence-corrected chi connectivity index (χ2v) is 5.64. The van der Waals surface area contributed by atoms with E-state index in [1.807, 2.05) is 43.3 Å². The van der Waals surface area contributed by atoms with Gasteiger partial charge in [0.2, 0.25) is 0 Å². The minimum absolute atomic E-state index is 0.270. The Bertz CT molecular complexity index is 749. The van der Waals surface area contributed by atoms with E-state index in [9.17, 15) is 9.59 Å². The SMILES string of the molecule is CCOC(=O)C(C)c1ccc(OC)c(-c2ccc(C)cc2C=O)c1. The van der Waals surface area contributed by atoms with Crippen LogP contribution >= 0.6 is 0 Å². The van der Waals surface area contributed by atoms with E-state index >= 15 is 0 Å². The molecule has 2 aromatic rings. The maximum atomic E-state index is 12.0. The highest BCUT2D eigenvalue weighted by Crippen LogP contribution is 2.35. The zero-order chi connectivity index (χ0) is 17.7. The van der Waals surface area contributed by atoms with Gasteiger partial charge in [0.25, 0.3) is 0 Å². The van der Waals surface area contributed by atoms with Crippen molar-refractivity contribution in [2.24, 2.45) is 0 Å². The Morgan fingerprint density at radius 1 is 1.17 bits per heavy atom. The van der Waals surface area contributed by atoms with E-state index in [-0.39, 0.29) is 11.9 Å². The Morgan fingerprint density at radius 3 is 2.54 bits per heavy atom. The fourth-order valence-corrected chi connectivity index (χ4v) is 2.63. The van der Waals surface area contributed by atoms with Crippen molar-refractivity contribution in [2.45, 2.75) is 26.7 Å². The molecule has 0 aromatic heterocycles. The zero-order valence-electron chi connectivity index (χ0n) is 14.5. The highest BCUT2D eigenvalue weighted by molar-refractivity contribution is 5.90. The Kier molecular flexibility index (Phi) is 5.74. The average molecular weight is 326 g/mol. The van der Waals surface area contributed by atoms with E-state index in [0.717, 1.165) is 28.5 Å². The van der Waals surface area contributed by atoms with Crippen LogP contribution in [-0.4, -0.2) is 26.0 Å². The quantitative estimate of drug-likeness (QED) is 0.591. The van der Waals surface area contributed by atoms with Crippen molar-refractivity contribution in [1.29, 1.82) is 0 Å². The molecule has 2 aromatic carbocycles. The van der Waals surface area contributed by atoms with E-state index in [4.69, 9.17) is 9.47 Å². The Morgan fingerprint density at radius 2 is 1.92 bits per heavy atom. The smallest absolute Gasteiger partial charge is 0.313 e. The van der Waals surface area contributed by atoms with Crippen molar-refractivity contribution in [3.63, 3.8) is 0 Å². The summed E-state index contributed by atoms with van der Waals surface area (Å²) in [5, 5.41) is 0. The molecule has 126 valence electrons. The van der Waals surface area contributed by atoms with Crippen LogP contribution in [0.2, 0.25) is 0 Å². The number of aryl methyl sites for hydroxylation is 1. The summed E-state index contributed by atoms with van der Waals surface area (Å²) in [5.41, 5.74) is 3.99. The van der Waals surface area contributed by atoms with Crippen LogP contribution in [0.15, 0.2) is 36.4 Å². The van der Waals surface area contributed by atoms with Crippen molar-refractivity contribution < 1.29 is 19.1 Å². The summed E-state index contributed by atoms with van der Waals surface area (Å²) in [6.45, 7) is 5.87. The molecule has 0 aliphatic carbocycles. The lowest BCUT2D eigenvalue weighted by atomic mass is 9.93. The first-order valence-electron chi connectivity index (χ1n) is 7.92. The van der Waals surface area contributed by atoms with Crippen LogP contribution in [0.1, 0.15) is 41.3 Å². The fourth-order valence-electron chi connectivity index (χ4n) is 2.63. The van der Waals surface area contributed by atoms with Crippen LogP contribution in [0.4, 0.5) is 0 Å². The largest absolute Gasteiger partial charge is 0.496 e. The normalized spacial score (nSPS) is 11.7. The molecular formula is C20H22O4. The minimum atomic E-state index is -0.389. The molecule has 24 heavy (non-hydrogen) atoms. The summed E-state index contributed by atoms with van der Waals surface area (Å²) in [5.74, 6) is -0.00497. The molecule has 0 saturated heterocycles. The van der Waals surface area contributed by atoms with Crippen LogP contribution < -0.4 is 4.74 Å². The number of esters is 1. The van der Waals surface area contributed by atoms with E-state index in [1.165, 1.54) is 0 Å². The third-order valence-electron chi connectivity index (χ3n) is 3.99. The van der Waals surface area contributed by atoms with Crippen LogP contribution in [0.5, 0.6) is 5.75 Å². The number of hydrogen-bond donors (Lipinski definition) is 0. The van der Waals surface area contributed by atoms with Crippen molar-refractivity contribution in [3.05, 3.63) is 53.1 Å². The maximum Gasteiger partial charge on any atom is 0.313 e. The number of carbonyl (C=O) groups is 2. The van der Waals surface area contributed by atoms with Crippen molar-refractivity contribution in [2.75, 3.05) is 13.7 Å². The number of methoxy groups -OCH3 is 1. The molecular weight excluding hydrogens is 304 g/mol. The van der Waals surface area contributed by atoms with Gasteiger partial charge < -0.3 is 9.47 Å². The average Bonchev–Trinajstić information content (AvgIpc) is 2.60. The summed E-state index contributed by atoms with van der Waals surface area (Å²) in [7, 11) is 1.59. The molecule has 0 N–H and O–H groups in total. The molecule has 0 heterocycles. The van der Waals surface area contributed by atoms with Gasteiger partial charge in [-0.05, 0) is 50.1 Å². The molecule has 4 nitrogen and oxygen atoms in total. The predicted octanol–water partition coefficient (Wildman–Crippen LogP) is 4.15. The Labute approximate surface area is 142 Å². The molecule has 0 radical (unpaired) electrons. The standard InChI is InChI=1S/C20H22O4/c1-5-24-20(22)14(3)15-7-9-19(23-4)18(11-15)17-8-6-13(2)10-16(17)12-21/h6-12,14H,5H2,1-4H3. The van der Waals surface area contributed by atoms with Gasteiger partial charge in [0.15, 0.2) is 6.29 Å². The Balaban J connectivity index is 2.55. The topological polar surface area (TPSA) is 52.6 Å². The molecule has 0 spiro atoms. The fraction of sp³-hybridized carbons (Fsp3) is 0.300. The molecule has 2 rings (SSSR count). The zero-order valence-corrected chi connectivity index (χ0v) is 14.5. The summed E-state index contributed by atoms with van der Waals surface area (Å²) >= 11 is 0. The molecule has 0 bridgehead atoms. The summed E-state index contributed by atoms with van der Waals surface area (Å²) in [6, 6.07) is 11.2. The van der Waals surface area contributed by atoms with Gasteiger partial charge in [0, 0.05) is 11.1 Å². The molecule has 4 heteroatoms. The lowest BCUT2D eigenvalue weighted by Crippen LogP contribution is -2.13. The predicted molar refractivity (Wildman–Crippen MR) is 93.6 cm³/mol. The van der Waals surface area contributed by atoms with Gasteiger partial charge in [0.1, 0.15) is 5.75 Å². The summed E-state index contributed by atoms with van der Waals surface area (Å²) in [6.07, 6.45) is 0.837. The first kappa shape index (κ1) is 17.7. The van der Waals surface area contributed by atoms with Crippen molar-refractivity contribution in [1.82, 2.24) is 0 Å². The second kappa shape index (κ2) is 7.77. The van der Waals surface area contributed by atoms with Crippen LogP contribution in [0.3, 0.4) is 0 Å². The van der Waals surface area contributed by atoms with Gasteiger partial charge in [-0.2, -0.15) is 0 Å². The molecule has 0 fully saturated rings. The molecule has 0 aliphatic heterocycles. The van der Waals surface area contributed by atoms with Gasteiger partial charge >= 0.3 is 5.97 Å². The van der Waals surface area contributed by atoms with Gasteiger partial charge in [-0.25, -0.2) is 0 Å². The minimum Gasteiger partial charge on any atom is -0.496 e. The molecule has 0 aliphatic rings. The van der Waals surface area contributed by atoms with Gasteiger partial charge in [-0.1, -0.05) is 23.8 Å². The van der Waals surface area contributed by atoms with Gasteiger partial charge in [-0.3, -0.25) is 9.59 Å². The maximum absolute atomic E-state index is 12.0. The third-order valence-corrected chi connectivity index (χ3v) is 3.99. The molecule has 1 atom stereocenters. The first-order chi connectivity index (χ1) is 11.5. The Hall–Kier alpha value is -2.62.